The summed E-state index contributed by atoms with van der Waals surface area (Å²) in [5.74, 6) is 0.631. The molecule has 7 nitrogen and oxygen atoms in total. The summed E-state index contributed by atoms with van der Waals surface area (Å²) in [6.07, 6.45) is 0.776. The van der Waals surface area contributed by atoms with Crippen molar-refractivity contribution in [3.05, 3.63) is 29.8 Å². The first kappa shape index (κ1) is 20.2. The summed E-state index contributed by atoms with van der Waals surface area (Å²) < 4.78 is 10.5. The van der Waals surface area contributed by atoms with Crippen molar-refractivity contribution in [2.24, 2.45) is 0 Å². The molecule has 1 aliphatic heterocycles. The maximum atomic E-state index is 11.7. The number of hydrogen-bond acceptors (Lipinski definition) is 6. The van der Waals surface area contributed by atoms with Gasteiger partial charge in [0.2, 0.25) is 0 Å². The molecule has 0 saturated carbocycles. The first-order valence-electron chi connectivity index (χ1n) is 9.06. The Hall–Kier alpha value is -2.12. The lowest BCUT2D eigenvalue weighted by Gasteiger charge is -2.32. The average molecular weight is 364 g/mol. The third kappa shape index (κ3) is 6.31. The number of carbonyl (C=O) groups excluding carboxylic acids is 2. The molecule has 1 atom stereocenters. The van der Waals surface area contributed by atoms with Crippen LogP contribution in [0.2, 0.25) is 0 Å². The second-order valence-corrected chi connectivity index (χ2v) is 6.41. The Bertz CT molecular complexity index is 582. The third-order valence-electron chi connectivity index (χ3n) is 4.37. The van der Waals surface area contributed by atoms with Crippen molar-refractivity contribution in [1.82, 2.24) is 10.2 Å². The molecule has 1 amide bonds. The monoisotopic (exact) mass is 364 g/mol. The number of ether oxygens (including phenoxy) is 2. The fourth-order valence-electron chi connectivity index (χ4n) is 2.82. The lowest BCUT2D eigenvalue weighted by Crippen LogP contribution is -2.47. The number of aliphatic hydroxyl groups is 1. The molecule has 7 heteroatoms. The quantitative estimate of drug-likeness (QED) is 0.685. The van der Waals surface area contributed by atoms with Crippen molar-refractivity contribution in [1.29, 1.82) is 0 Å². The van der Waals surface area contributed by atoms with Crippen LogP contribution in [0.25, 0.3) is 0 Å². The van der Waals surface area contributed by atoms with Crippen molar-refractivity contribution in [3.63, 3.8) is 0 Å². The maximum Gasteiger partial charge on any atom is 0.409 e. The third-order valence-corrected chi connectivity index (χ3v) is 4.37. The van der Waals surface area contributed by atoms with E-state index in [0.29, 0.717) is 37.6 Å². The van der Waals surface area contributed by atoms with Crippen LogP contribution in [0.15, 0.2) is 24.3 Å². The van der Waals surface area contributed by atoms with Crippen LogP contribution in [-0.2, 0) is 4.74 Å². The molecule has 0 unspecified atom stereocenters. The normalized spacial score (nSPS) is 16.2. The average Bonchev–Trinajstić information content (AvgIpc) is 2.65. The minimum Gasteiger partial charge on any atom is -0.491 e. The standard InChI is InChI=1S/C19H28N2O5/c1-3-25-19(24)21-10-8-16(9-11-21)20-12-17(23)13-26-18-6-4-15(5-7-18)14(2)22/h4-7,16-17,20,23H,3,8-13H2,1-2H3/t17-/m0/s1. The summed E-state index contributed by atoms with van der Waals surface area (Å²) in [5.41, 5.74) is 0.633. The van der Waals surface area contributed by atoms with E-state index in [0.717, 1.165) is 12.8 Å². The van der Waals surface area contributed by atoms with E-state index in [1.807, 2.05) is 0 Å². The van der Waals surface area contributed by atoms with Gasteiger partial charge in [-0.25, -0.2) is 4.79 Å². The van der Waals surface area contributed by atoms with Gasteiger partial charge in [0.25, 0.3) is 0 Å². The highest BCUT2D eigenvalue weighted by Crippen LogP contribution is 2.14. The van der Waals surface area contributed by atoms with Gasteiger partial charge in [-0.2, -0.15) is 0 Å². The van der Waals surface area contributed by atoms with Gasteiger partial charge in [0, 0.05) is 31.2 Å². The van der Waals surface area contributed by atoms with Gasteiger partial charge >= 0.3 is 6.09 Å². The number of nitrogens with zero attached hydrogens (tertiary/aromatic N) is 1. The van der Waals surface area contributed by atoms with E-state index in [2.05, 4.69) is 5.32 Å². The molecular weight excluding hydrogens is 336 g/mol. The Labute approximate surface area is 154 Å². The van der Waals surface area contributed by atoms with Gasteiger partial charge in [-0.15, -0.1) is 0 Å². The molecule has 0 radical (unpaired) electrons. The van der Waals surface area contributed by atoms with Crippen LogP contribution in [0.3, 0.4) is 0 Å². The van der Waals surface area contributed by atoms with Crippen LogP contribution in [0.4, 0.5) is 4.79 Å². The molecule has 1 heterocycles. The molecule has 0 aromatic heterocycles. The number of Topliss-reactive ketones (excluding diaryl/α,β-unsaturated/α-hetero) is 1. The van der Waals surface area contributed by atoms with E-state index in [-0.39, 0.29) is 24.5 Å². The van der Waals surface area contributed by atoms with Crippen molar-refractivity contribution in [3.8, 4) is 5.75 Å². The topological polar surface area (TPSA) is 88.1 Å². The zero-order chi connectivity index (χ0) is 18.9. The Morgan fingerprint density at radius 2 is 1.92 bits per heavy atom. The van der Waals surface area contributed by atoms with Gasteiger partial charge in [-0.05, 0) is 51.0 Å². The lowest BCUT2D eigenvalue weighted by molar-refractivity contribution is 0.0860. The molecule has 0 spiro atoms. The smallest absolute Gasteiger partial charge is 0.409 e. The molecule has 26 heavy (non-hydrogen) atoms. The number of ketones is 1. The van der Waals surface area contributed by atoms with Gasteiger partial charge in [0.15, 0.2) is 5.78 Å². The summed E-state index contributed by atoms with van der Waals surface area (Å²) in [5, 5.41) is 13.4. The van der Waals surface area contributed by atoms with E-state index in [9.17, 15) is 14.7 Å². The largest absolute Gasteiger partial charge is 0.491 e. The van der Waals surface area contributed by atoms with E-state index in [1.54, 1.807) is 36.1 Å². The second-order valence-electron chi connectivity index (χ2n) is 6.41. The van der Waals surface area contributed by atoms with Crippen LogP contribution < -0.4 is 10.1 Å². The highest BCUT2D eigenvalue weighted by molar-refractivity contribution is 5.94. The SMILES string of the molecule is CCOC(=O)N1CCC(NC[C@H](O)COc2ccc(C(C)=O)cc2)CC1. The number of rotatable bonds is 8. The van der Waals surface area contributed by atoms with E-state index < -0.39 is 6.10 Å². The highest BCUT2D eigenvalue weighted by atomic mass is 16.6. The number of nitrogens with one attached hydrogen (secondary N) is 1. The molecular formula is C19H28N2O5. The van der Waals surface area contributed by atoms with E-state index in [1.165, 1.54) is 6.92 Å². The molecule has 144 valence electrons. The van der Waals surface area contributed by atoms with Gasteiger partial charge in [-0.1, -0.05) is 0 Å². The van der Waals surface area contributed by atoms with Crippen LogP contribution >= 0.6 is 0 Å². The van der Waals surface area contributed by atoms with Crippen molar-refractivity contribution in [2.45, 2.75) is 38.8 Å². The van der Waals surface area contributed by atoms with Crippen molar-refractivity contribution in [2.75, 3.05) is 32.8 Å². The summed E-state index contributed by atoms with van der Waals surface area (Å²) in [6.45, 7) is 5.62. The van der Waals surface area contributed by atoms with Gasteiger partial charge in [0.1, 0.15) is 18.5 Å². The Morgan fingerprint density at radius 1 is 1.27 bits per heavy atom. The molecule has 0 aliphatic carbocycles. The zero-order valence-electron chi connectivity index (χ0n) is 15.4. The van der Waals surface area contributed by atoms with Crippen molar-refractivity contribution >= 4 is 11.9 Å². The number of carbonyl (C=O) groups is 2. The minimum absolute atomic E-state index is 0.00906. The Morgan fingerprint density at radius 3 is 2.50 bits per heavy atom. The first-order chi connectivity index (χ1) is 12.5. The number of benzene rings is 1. The number of hydrogen-bond donors (Lipinski definition) is 2. The lowest BCUT2D eigenvalue weighted by atomic mass is 10.1. The van der Waals surface area contributed by atoms with E-state index in [4.69, 9.17) is 9.47 Å². The zero-order valence-corrected chi connectivity index (χ0v) is 15.4. The second kappa shape index (κ2) is 10.1. The predicted molar refractivity (Wildman–Crippen MR) is 97.6 cm³/mol. The van der Waals surface area contributed by atoms with Crippen LogP contribution in [0.1, 0.15) is 37.0 Å². The molecule has 0 bridgehead atoms. The summed E-state index contributed by atoms with van der Waals surface area (Å²) in [6, 6.07) is 7.13. The summed E-state index contributed by atoms with van der Waals surface area (Å²) in [4.78, 5) is 24.6. The summed E-state index contributed by atoms with van der Waals surface area (Å²) in [7, 11) is 0. The fourth-order valence-corrected chi connectivity index (χ4v) is 2.82. The number of aliphatic hydroxyl groups excluding tert-OH is 1. The van der Waals surface area contributed by atoms with E-state index >= 15 is 0 Å². The number of piperidine rings is 1. The van der Waals surface area contributed by atoms with Gasteiger partial charge < -0.3 is 24.8 Å². The van der Waals surface area contributed by atoms with Crippen molar-refractivity contribution < 1.29 is 24.2 Å². The maximum absolute atomic E-state index is 11.7. The predicted octanol–water partition coefficient (Wildman–Crippen LogP) is 1.84. The first-order valence-corrected chi connectivity index (χ1v) is 9.06. The molecule has 1 aliphatic rings. The van der Waals surface area contributed by atoms with Crippen LogP contribution in [0, 0.1) is 0 Å². The molecule has 1 saturated heterocycles. The molecule has 2 rings (SSSR count). The van der Waals surface area contributed by atoms with Crippen LogP contribution in [0.5, 0.6) is 5.75 Å². The number of likely N-dealkylation sites (tertiary alicyclic amines) is 1. The van der Waals surface area contributed by atoms with Gasteiger partial charge in [-0.3, -0.25) is 4.79 Å². The minimum atomic E-state index is -0.634. The summed E-state index contributed by atoms with van der Waals surface area (Å²) >= 11 is 0. The van der Waals surface area contributed by atoms with Gasteiger partial charge in [0.05, 0.1) is 6.61 Å². The molecule has 2 N–H and O–H groups in total. The fraction of sp³-hybridized carbons (Fsp3) is 0.579. The molecule has 1 aromatic rings. The molecule has 1 fully saturated rings. The highest BCUT2D eigenvalue weighted by Gasteiger charge is 2.23. The van der Waals surface area contributed by atoms with Crippen LogP contribution in [-0.4, -0.2) is 66.9 Å². The Balaban J connectivity index is 1.64. The molecule has 1 aromatic carbocycles. The number of amides is 1. The Kier molecular flexibility index (Phi) is 7.87.